The number of carbonyl (C=O) groups is 7. The van der Waals surface area contributed by atoms with Crippen LogP contribution in [0.25, 0.3) is 0 Å². The molecule has 0 saturated carbocycles. The molecule has 21 heteroatoms. The number of aromatic hydroxyl groups is 1. The number of nitro groups is 1. The van der Waals surface area contributed by atoms with Crippen molar-refractivity contribution in [1.82, 2.24) is 5.32 Å². The van der Waals surface area contributed by atoms with Crippen LogP contribution in [-0.2, 0) is 14.3 Å². The monoisotopic (exact) mass is 891 g/mol. The van der Waals surface area contributed by atoms with E-state index in [-0.39, 0.29) is 67.8 Å². The van der Waals surface area contributed by atoms with Crippen LogP contribution >= 0.6 is 0 Å². The zero-order chi connectivity index (χ0) is 47.5. The van der Waals surface area contributed by atoms with Crippen LogP contribution in [0.3, 0.4) is 0 Å². The van der Waals surface area contributed by atoms with E-state index in [0.717, 1.165) is 7.11 Å². The molecular formula is C44H41N7O14. The SMILES string of the molecule is COc1cc(C(=O)O)ccc1NC(=O)c1ccc(NC(=O)c2ccc(NC(=O)[C@@H](NC(=O)c3ccc(NC(=O)c4ccc([N+](=O)[O-])cc4)cc3)[C@@H](OC)C(N)=O)cc2)c(OC(C)C)c1O. The van der Waals surface area contributed by atoms with Crippen LogP contribution in [0.15, 0.2) is 103 Å². The molecule has 65 heavy (non-hydrogen) atoms. The highest BCUT2D eigenvalue weighted by molar-refractivity contribution is 6.10. The molecule has 0 aliphatic heterocycles. The number of nitrogens with zero attached hydrogens (tertiary/aromatic N) is 1. The third kappa shape index (κ3) is 11.7. The third-order valence-electron chi connectivity index (χ3n) is 9.24. The number of phenols is 1. The van der Waals surface area contributed by atoms with Crippen LogP contribution in [0.4, 0.5) is 28.4 Å². The molecule has 0 aliphatic carbocycles. The minimum absolute atomic E-state index is 0.00389. The number of benzene rings is 5. The fourth-order valence-corrected chi connectivity index (χ4v) is 6.01. The third-order valence-corrected chi connectivity index (χ3v) is 9.24. The molecule has 0 aromatic heterocycles. The molecule has 5 aromatic carbocycles. The zero-order valence-electron chi connectivity index (χ0n) is 34.9. The molecule has 21 nitrogen and oxygen atoms in total. The zero-order valence-corrected chi connectivity index (χ0v) is 34.9. The second-order valence-corrected chi connectivity index (χ2v) is 14.0. The van der Waals surface area contributed by atoms with Gasteiger partial charge in [0.1, 0.15) is 11.8 Å². The summed E-state index contributed by atoms with van der Waals surface area (Å²) in [6.07, 6.45) is -2.16. The number of anilines is 4. The van der Waals surface area contributed by atoms with Crippen LogP contribution in [0.2, 0.25) is 0 Å². The van der Waals surface area contributed by atoms with Crippen molar-refractivity contribution in [3.63, 3.8) is 0 Å². The van der Waals surface area contributed by atoms with E-state index in [1.54, 1.807) is 13.8 Å². The van der Waals surface area contributed by atoms with Gasteiger partial charge in [0, 0.05) is 47.3 Å². The predicted molar refractivity (Wildman–Crippen MR) is 234 cm³/mol. The predicted octanol–water partition coefficient (Wildman–Crippen LogP) is 4.79. The lowest BCUT2D eigenvalue weighted by Gasteiger charge is -2.24. The summed E-state index contributed by atoms with van der Waals surface area (Å²) in [4.78, 5) is 100. The number of nitrogens with one attached hydrogen (secondary N) is 5. The van der Waals surface area contributed by atoms with E-state index in [0.29, 0.717) is 0 Å². The average molecular weight is 892 g/mol. The Kier molecular flexibility index (Phi) is 15.1. The number of primary amides is 1. The van der Waals surface area contributed by atoms with Crippen molar-refractivity contribution in [3.05, 3.63) is 141 Å². The number of carbonyl (C=O) groups excluding carboxylic acids is 6. The molecule has 0 heterocycles. The highest BCUT2D eigenvalue weighted by atomic mass is 16.6. The molecule has 0 aliphatic rings. The van der Waals surface area contributed by atoms with Gasteiger partial charge in [0.05, 0.1) is 40.6 Å². The number of phenolic OH excluding ortho intramolecular Hbond substituents is 1. The molecule has 0 bridgehead atoms. The first-order chi connectivity index (χ1) is 30.9. The molecule has 6 amide bonds. The number of nitrogens with two attached hydrogens (primary N) is 1. The fourth-order valence-electron chi connectivity index (χ4n) is 6.01. The molecule has 5 rings (SSSR count). The van der Waals surface area contributed by atoms with Crippen molar-refractivity contribution >= 4 is 69.8 Å². The summed E-state index contributed by atoms with van der Waals surface area (Å²) in [6.45, 7) is 3.31. The number of carboxylic acid groups (broad SMARTS) is 1. The Morgan fingerprint density at radius 2 is 1.17 bits per heavy atom. The second kappa shape index (κ2) is 20.8. The molecule has 5 aromatic rings. The van der Waals surface area contributed by atoms with E-state index in [1.807, 2.05) is 0 Å². The summed E-state index contributed by atoms with van der Waals surface area (Å²) in [6, 6.07) is 20.5. The minimum Gasteiger partial charge on any atom is -0.504 e. The number of methoxy groups -OCH3 is 2. The van der Waals surface area contributed by atoms with Gasteiger partial charge in [-0.1, -0.05) is 0 Å². The molecule has 2 atom stereocenters. The van der Waals surface area contributed by atoms with Gasteiger partial charge in [-0.3, -0.25) is 38.9 Å². The molecular weight excluding hydrogens is 851 g/mol. The second-order valence-electron chi connectivity index (χ2n) is 14.0. The standard InChI is InChI=1S/C44H41N7O14/c1-22(2)65-36-32(20-18-30(35(36)52)42(57)48-31-19-11-26(44(59)60)21-33(31)63-3)49-40(55)23-5-14-28(15-6-23)47-43(58)34(37(64-4)38(45)53)50-41(56)24-7-12-27(13-8-24)46-39(54)25-9-16-29(17-10-25)51(61)62/h5-22,34,37,52H,1-4H3,(H2,45,53)(H,46,54)(H,47,58)(H,48,57)(H,49,55)(H,50,56)(H,59,60)/t34-,37+/m0/s1. The first-order valence-electron chi connectivity index (χ1n) is 19.2. The van der Waals surface area contributed by atoms with E-state index in [2.05, 4.69) is 26.6 Å². The number of aromatic carboxylic acids is 1. The van der Waals surface area contributed by atoms with Crippen LogP contribution in [0, 0.1) is 10.1 Å². The highest BCUT2D eigenvalue weighted by Gasteiger charge is 2.35. The Labute approximate surface area is 369 Å². The summed E-state index contributed by atoms with van der Waals surface area (Å²) in [5.41, 5.74) is 5.73. The largest absolute Gasteiger partial charge is 0.504 e. The van der Waals surface area contributed by atoms with Crippen molar-refractivity contribution in [2.75, 3.05) is 35.5 Å². The van der Waals surface area contributed by atoms with E-state index >= 15 is 0 Å². The van der Waals surface area contributed by atoms with Crippen LogP contribution in [0.1, 0.15) is 65.6 Å². The van der Waals surface area contributed by atoms with E-state index in [9.17, 15) is 53.9 Å². The fraction of sp³-hybridized carbons (Fsp3) is 0.159. The van der Waals surface area contributed by atoms with E-state index in [4.69, 9.17) is 19.9 Å². The number of ether oxygens (including phenoxy) is 3. The molecule has 336 valence electrons. The van der Waals surface area contributed by atoms with Gasteiger partial charge < -0.3 is 56.7 Å². The first-order valence-corrected chi connectivity index (χ1v) is 19.2. The normalized spacial score (nSPS) is 11.6. The van der Waals surface area contributed by atoms with Gasteiger partial charge in [0.25, 0.3) is 29.3 Å². The maximum absolute atomic E-state index is 13.5. The van der Waals surface area contributed by atoms with Gasteiger partial charge in [-0.25, -0.2) is 4.79 Å². The number of hydrogen-bond acceptors (Lipinski definition) is 13. The van der Waals surface area contributed by atoms with Gasteiger partial charge in [0.15, 0.2) is 17.6 Å². The summed E-state index contributed by atoms with van der Waals surface area (Å²) < 4.78 is 16.1. The lowest BCUT2D eigenvalue weighted by molar-refractivity contribution is -0.384. The molecule has 9 N–H and O–H groups in total. The van der Waals surface area contributed by atoms with Crippen molar-refractivity contribution in [2.24, 2.45) is 5.73 Å². The van der Waals surface area contributed by atoms with Crippen molar-refractivity contribution in [2.45, 2.75) is 32.1 Å². The maximum Gasteiger partial charge on any atom is 0.335 e. The lowest BCUT2D eigenvalue weighted by atomic mass is 10.1. The Balaban J connectivity index is 1.26. The van der Waals surface area contributed by atoms with Crippen LogP contribution < -0.4 is 41.8 Å². The Hall–Kier alpha value is -8.85. The first kappa shape index (κ1) is 47.2. The molecule has 0 spiro atoms. The van der Waals surface area contributed by atoms with Gasteiger partial charge >= 0.3 is 5.97 Å². The van der Waals surface area contributed by atoms with Crippen molar-refractivity contribution < 1.29 is 62.9 Å². The Bertz CT molecular complexity index is 2650. The summed E-state index contributed by atoms with van der Waals surface area (Å²) >= 11 is 0. The van der Waals surface area contributed by atoms with Gasteiger partial charge in [-0.05, 0) is 105 Å². The van der Waals surface area contributed by atoms with Gasteiger partial charge in [-0.2, -0.15) is 0 Å². The van der Waals surface area contributed by atoms with E-state index in [1.165, 1.54) is 110 Å². The number of nitro benzene ring substituents is 1. The topological polar surface area (TPSA) is 317 Å². The average Bonchev–Trinajstić information content (AvgIpc) is 3.27. The lowest BCUT2D eigenvalue weighted by Crippen LogP contribution is -2.56. The quantitative estimate of drug-likeness (QED) is 0.0433. The molecule has 0 unspecified atom stereocenters. The minimum atomic E-state index is -1.66. The number of hydrogen-bond donors (Lipinski definition) is 8. The van der Waals surface area contributed by atoms with Crippen LogP contribution in [-0.4, -0.2) is 89.0 Å². The Morgan fingerprint density at radius 1 is 0.662 bits per heavy atom. The van der Waals surface area contributed by atoms with Gasteiger partial charge in [-0.15, -0.1) is 0 Å². The van der Waals surface area contributed by atoms with E-state index < -0.39 is 70.3 Å². The highest BCUT2D eigenvalue weighted by Crippen LogP contribution is 2.39. The maximum atomic E-state index is 13.5. The number of rotatable bonds is 18. The van der Waals surface area contributed by atoms with Crippen LogP contribution in [0.5, 0.6) is 17.2 Å². The summed E-state index contributed by atoms with van der Waals surface area (Å²) in [7, 11) is 2.40. The molecule has 0 saturated heterocycles. The number of carboxylic acids is 1. The summed E-state index contributed by atoms with van der Waals surface area (Å²) in [5.74, 6) is -6.86. The number of amides is 6. The molecule has 0 radical (unpaired) electrons. The summed E-state index contributed by atoms with van der Waals surface area (Å²) in [5, 5.41) is 44.1. The number of non-ortho nitro benzene ring substituents is 1. The Morgan fingerprint density at radius 3 is 1.69 bits per heavy atom. The van der Waals surface area contributed by atoms with Crippen molar-refractivity contribution in [3.8, 4) is 17.2 Å². The molecule has 0 fully saturated rings. The van der Waals surface area contributed by atoms with Crippen molar-refractivity contribution in [1.29, 1.82) is 0 Å². The van der Waals surface area contributed by atoms with Gasteiger partial charge in [0.2, 0.25) is 11.8 Å². The smallest absolute Gasteiger partial charge is 0.335 e.